The Kier molecular flexibility index (Phi) is 6.34. The zero-order chi connectivity index (χ0) is 20.0. The lowest BCUT2D eigenvalue weighted by molar-refractivity contribution is -0.140. The molecule has 0 radical (unpaired) electrons. The van der Waals surface area contributed by atoms with Crippen LogP contribution in [0.3, 0.4) is 0 Å². The number of likely N-dealkylation sites (tertiary alicyclic amines) is 1. The van der Waals surface area contributed by atoms with Crippen LogP contribution in [0.4, 0.5) is 0 Å². The van der Waals surface area contributed by atoms with E-state index in [-0.39, 0.29) is 11.8 Å². The van der Waals surface area contributed by atoms with Crippen molar-refractivity contribution >= 4 is 11.8 Å². The second-order valence-electron chi connectivity index (χ2n) is 7.68. The lowest BCUT2D eigenvalue weighted by Crippen LogP contribution is -2.52. The van der Waals surface area contributed by atoms with Crippen molar-refractivity contribution in [2.75, 3.05) is 20.2 Å². The maximum atomic E-state index is 12.8. The molecule has 1 N–H and O–H groups in total. The molecule has 5 heteroatoms. The van der Waals surface area contributed by atoms with Crippen LogP contribution in [0.2, 0.25) is 0 Å². The van der Waals surface area contributed by atoms with Gasteiger partial charge >= 0.3 is 0 Å². The molecule has 2 aromatic carbocycles. The maximum absolute atomic E-state index is 12.8. The van der Waals surface area contributed by atoms with E-state index in [9.17, 15) is 9.59 Å². The van der Waals surface area contributed by atoms with Crippen LogP contribution < -0.4 is 10.1 Å². The smallest absolute Gasteiger partial charge is 0.227 e. The largest absolute Gasteiger partial charge is 0.497 e. The summed E-state index contributed by atoms with van der Waals surface area (Å²) in [4.78, 5) is 27.5. The van der Waals surface area contributed by atoms with Gasteiger partial charge in [0.15, 0.2) is 0 Å². The lowest BCUT2D eigenvalue weighted by atomic mass is 9.80. The standard InChI is InChI=1S/C23H28N2O3/c1-23(22(27)24-16-18-8-4-3-5-9-18)12-7-13-25(17-23)21(26)15-19-10-6-11-20(14-19)28-2/h3-6,8-11,14H,7,12-13,15-17H2,1-2H3,(H,24,27)/t23-/m0/s1. The van der Waals surface area contributed by atoms with Crippen molar-refractivity contribution in [3.63, 3.8) is 0 Å². The molecule has 5 nitrogen and oxygen atoms in total. The molecule has 0 spiro atoms. The van der Waals surface area contributed by atoms with Gasteiger partial charge in [0.05, 0.1) is 18.9 Å². The maximum Gasteiger partial charge on any atom is 0.227 e. The second kappa shape index (κ2) is 8.91. The van der Waals surface area contributed by atoms with E-state index in [0.717, 1.165) is 29.7 Å². The lowest BCUT2D eigenvalue weighted by Gasteiger charge is -2.39. The van der Waals surface area contributed by atoms with Gasteiger partial charge in [-0.3, -0.25) is 9.59 Å². The number of amides is 2. The van der Waals surface area contributed by atoms with Crippen molar-refractivity contribution in [2.24, 2.45) is 5.41 Å². The molecule has 0 bridgehead atoms. The van der Waals surface area contributed by atoms with E-state index < -0.39 is 5.41 Å². The van der Waals surface area contributed by atoms with E-state index >= 15 is 0 Å². The van der Waals surface area contributed by atoms with Crippen molar-refractivity contribution in [3.05, 3.63) is 65.7 Å². The van der Waals surface area contributed by atoms with Crippen molar-refractivity contribution < 1.29 is 14.3 Å². The molecular formula is C23H28N2O3. The highest BCUT2D eigenvalue weighted by Gasteiger charge is 2.39. The van der Waals surface area contributed by atoms with E-state index in [1.54, 1.807) is 7.11 Å². The number of rotatable bonds is 6. The third-order valence-corrected chi connectivity index (χ3v) is 5.38. The average Bonchev–Trinajstić information content (AvgIpc) is 2.73. The molecule has 0 unspecified atom stereocenters. The summed E-state index contributed by atoms with van der Waals surface area (Å²) in [6, 6.07) is 17.4. The zero-order valence-electron chi connectivity index (χ0n) is 16.6. The summed E-state index contributed by atoms with van der Waals surface area (Å²) in [7, 11) is 1.62. The number of carbonyl (C=O) groups is 2. The molecule has 2 aromatic rings. The third-order valence-electron chi connectivity index (χ3n) is 5.38. The van der Waals surface area contributed by atoms with Gasteiger partial charge in [0.2, 0.25) is 11.8 Å². The SMILES string of the molecule is COc1cccc(CC(=O)N2CCC[C@](C)(C(=O)NCc3ccccc3)C2)c1. The number of piperidine rings is 1. The quantitative estimate of drug-likeness (QED) is 0.837. The zero-order valence-corrected chi connectivity index (χ0v) is 16.6. The fourth-order valence-corrected chi connectivity index (χ4v) is 3.70. The van der Waals surface area contributed by atoms with Crippen LogP contribution in [0.15, 0.2) is 54.6 Å². The Morgan fingerprint density at radius 3 is 2.61 bits per heavy atom. The topological polar surface area (TPSA) is 58.6 Å². The van der Waals surface area contributed by atoms with Crippen molar-refractivity contribution in [2.45, 2.75) is 32.7 Å². The Morgan fingerprint density at radius 2 is 1.86 bits per heavy atom. The molecule has 148 valence electrons. The van der Waals surface area contributed by atoms with Gasteiger partial charge in [-0.25, -0.2) is 0 Å². The van der Waals surface area contributed by atoms with Crippen LogP contribution in [0.5, 0.6) is 5.75 Å². The van der Waals surface area contributed by atoms with E-state index in [1.807, 2.05) is 66.4 Å². The summed E-state index contributed by atoms with van der Waals surface area (Å²) in [5.74, 6) is 0.805. The molecule has 1 fully saturated rings. The van der Waals surface area contributed by atoms with Crippen molar-refractivity contribution in [1.82, 2.24) is 10.2 Å². The summed E-state index contributed by atoms with van der Waals surface area (Å²) >= 11 is 0. The molecule has 1 aliphatic rings. The first-order valence-corrected chi connectivity index (χ1v) is 9.73. The highest BCUT2D eigenvalue weighted by Crippen LogP contribution is 2.30. The van der Waals surface area contributed by atoms with Gasteiger partial charge in [-0.15, -0.1) is 0 Å². The van der Waals surface area contributed by atoms with Crippen LogP contribution in [-0.2, 0) is 22.6 Å². The molecule has 1 saturated heterocycles. The Bertz CT molecular complexity index is 822. The number of benzene rings is 2. The summed E-state index contributed by atoms with van der Waals surface area (Å²) in [6.45, 7) is 3.62. The highest BCUT2D eigenvalue weighted by atomic mass is 16.5. The highest BCUT2D eigenvalue weighted by molar-refractivity contribution is 5.84. The molecule has 3 rings (SSSR count). The van der Waals surface area contributed by atoms with E-state index in [1.165, 1.54) is 0 Å². The van der Waals surface area contributed by atoms with Crippen LogP contribution in [0.1, 0.15) is 30.9 Å². The molecule has 28 heavy (non-hydrogen) atoms. The number of nitrogens with one attached hydrogen (secondary N) is 1. The Hall–Kier alpha value is -2.82. The van der Waals surface area contributed by atoms with Gasteiger partial charge in [0, 0.05) is 19.6 Å². The minimum atomic E-state index is -0.558. The number of ether oxygens (including phenoxy) is 1. The predicted molar refractivity (Wildman–Crippen MR) is 109 cm³/mol. The number of nitrogens with zero attached hydrogens (tertiary/aromatic N) is 1. The molecule has 0 saturated carbocycles. The van der Waals surface area contributed by atoms with Gasteiger partial charge in [0.1, 0.15) is 5.75 Å². The van der Waals surface area contributed by atoms with E-state index in [0.29, 0.717) is 26.1 Å². The third kappa shape index (κ3) is 4.91. The number of methoxy groups -OCH3 is 1. The first-order chi connectivity index (χ1) is 13.5. The van der Waals surface area contributed by atoms with Crippen LogP contribution in [0, 0.1) is 5.41 Å². The Labute approximate surface area is 166 Å². The fourth-order valence-electron chi connectivity index (χ4n) is 3.70. The van der Waals surface area contributed by atoms with Crippen molar-refractivity contribution in [3.8, 4) is 5.75 Å². The molecule has 1 aliphatic heterocycles. The second-order valence-corrected chi connectivity index (χ2v) is 7.68. The Morgan fingerprint density at radius 1 is 1.11 bits per heavy atom. The molecule has 0 aromatic heterocycles. The summed E-state index contributed by atoms with van der Waals surface area (Å²) in [6.07, 6.45) is 1.94. The van der Waals surface area contributed by atoms with E-state index in [4.69, 9.17) is 4.74 Å². The van der Waals surface area contributed by atoms with Gasteiger partial charge in [-0.1, -0.05) is 42.5 Å². The van der Waals surface area contributed by atoms with Crippen LogP contribution in [0.25, 0.3) is 0 Å². The summed E-state index contributed by atoms with van der Waals surface area (Å²) in [5, 5.41) is 3.04. The molecule has 1 heterocycles. The van der Waals surface area contributed by atoms with Crippen molar-refractivity contribution in [1.29, 1.82) is 0 Å². The monoisotopic (exact) mass is 380 g/mol. The first kappa shape index (κ1) is 19.9. The first-order valence-electron chi connectivity index (χ1n) is 9.73. The molecule has 2 amide bonds. The molecule has 0 aliphatic carbocycles. The van der Waals surface area contributed by atoms with E-state index in [2.05, 4.69) is 5.32 Å². The number of hydrogen-bond donors (Lipinski definition) is 1. The minimum Gasteiger partial charge on any atom is -0.497 e. The Balaban J connectivity index is 1.59. The summed E-state index contributed by atoms with van der Waals surface area (Å²) < 4.78 is 5.23. The van der Waals surface area contributed by atoms with Gasteiger partial charge in [0.25, 0.3) is 0 Å². The van der Waals surface area contributed by atoms with Gasteiger partial charge in [-0.2, -0.15) is 0 Å². The predicted octanol–water partition coefficient (Wildman–Crippen LogP) is 3.18. The van der Waals surface area contributed by atoms with Crippen LogP contribution >= 0.6 is 0 Å². The molecule has 1 atom stereocenters. The number of carbonyl (C=O) groups excluding carboxylic acids is 2. The normalized spacial score (nSPS) is 19.1. The van der Waals surface area contributed by atoms with Gasteiger partial charge in [-0.05, 0) is 43.0 Å². The molecular weight excluding hydrogens is 352 g/mol. The van der Waals surface area contributed by atoms with Crippen LogP contribution in [-0.4, -0.2) is 36.9 Å². The fraction of sp³-hybridized carbons (Fsp3) is 0.391. The summed E-state index contributed by atoms with van der Waals surface area (Å²) in [5.41, 5.74) is 1.43. The number of hydrogen-bond acceptors (Lipinski definition) is 3. The minimum absolute atomic E-state index is 0.00948. The average molecular weight is 380 g/mol. The van der Waals surface area contributed by atoms with Gasteiger partial charge < -0.3 is 15.0 Å².